The van der Waals surface area contributed by atoms with Crippen molar-refractivity contribution in [2.24, 2.45) is 0 Å². The van der Waals surface area contributed by atoms with E-state index < -0.39 is 22.6 Å². The Bertz CT molecular complexity index is 867. The number of anilines is 2. The highest BCUT2D eigenvalue weighted by Gasteiger charge is 2.33. The second-order valence-corrected chi connectivity index (χ2v) is 5.43. The summed E-state index contributed by atoms with van der Waals surface area (Å²) in [6.45, 7) is 1.31. The number of carbonyl (C=O) groups excluding carboxylic acids is 2. The Balaban J connectivity index is 1.82. The smallest absolute Gasteiger partial charge is 0.366 e. The molecule has 0 atom stereocenters. The second kappa shape index (κ2) is 6.56. The van der Waals surface area contributed by atoms with Gasteiger partial charge in [-0.15, -0.1) is 0 Å². The highest BCUT2D eigenvalue weighted by Crippen LogP contribution is 2.31. The highest BCUT2D eigenvalue weighted by atomic mass is 16.6. The molecule has 0 spiro atoms. The third-order valence-electron chi connectivity index (χ3n) is 3.52. The van der Waals surface area contributed by atoms with Crippen molar-refractivity contribution in [3.63, 3.8) is 0 Å². The number of nitrogens with one attached hydrogen (secondary N) is 1. The van der Waals surface area contributed by atoms with Crippen LogP contribution in [-0.2, 0) is 9.59 Å². The first-order valence-corrected chi connectivity index (χ1v) is 7.39. The number of aromatic nitrogens is 1. The Morgan fingerprint density at radius 2 is 2.20 bits per heavy atom. The van der Waals surface area contributed by atoms with Crippen molar-refractivity contribution in [3.05, 3.63) is 52.1 Å². The lowest BCUT2D eigenvalue weighted by atomic mass is 10.2. The van der Waals surface area contributed by atoms with Crippen molar-refractivity contribution in [1.29, 1.82) is 0 Å². The van der Waals surface area contributed by atoms with E-state index in [1.54, 1.807) is 18.2 Å². The average Bonchev–Trinajstić information content (AvgIpc) is 2.57. The van der Waals surface area contributed by atoms with Gasteiger partial charge >= 0.3 is 5.82 Å². The number of ether oxygens (including phenoxy) is 1. The van der Waals surface area contributed by atoms with Gasteiger partial charge in [-0.3, -0.25) is 14.5 Å². The molecule has 0 aliphatic carbocycles. The molecule has 1 aromatic heterocycles. The van der Waals surface area contributed by atoms with E-state index >= 15 is 0 Å². The van der Waals surface area contributed by atoms with Crippen molar-refractivity contribution < 1.29 is 19.2 Å². The van der Waals surface area contributed by atoms with Gasteiger partial charge < -0.3 is 20.2 Å². The van der Waals surface area contributed by atoms with Crippen LogP contribution in [-0.4, -0.2) is 34.9 Å². The van der Waals surface area contributed by atoms with E-state index in [2.05, 4.69) is 10.3 Å². The molecular formula is C16H14N4O5. The molecule has 9 nitrogen and oxygen atoms in total. The molecule has 0 bridgehead atoms. The van der Waals surface area contributed by atoms with Gasteiger partial charge in [0.2, 0.25) is 5.91 Å². The van der Waals surface area contributed by atoms with Gasteiger partial charge in [-0.05, 0) is 40.6 Å². The number of pyridine rings is 1. The zero-order valence-electron chi connectivity index (χ0n) is 13.3. The van der Waals surface area contributed by atoms with Crippen molar-refractivity contribution >= 4 is 29.1 Å². The molecule has 1 aliphatic rings. The third kappa shape index (κ3) is 3.55. The number of hydrogen-bond acceptors (Lipinski definition) is 6. The maximum Gasteiger partial charge on any atom is 0.366 e. The van der Waals surface area contributed by atoms with Crippen LogP contribution in [0, 0.1) is 17.0 Å². The zero-order valence-corrected chi connectivity index (χ0v) is 13.3. The van der Waals surface area contributed by atoms with Crippen LogP contribution in [0.4, 0.5) is 17.3 Å². The van der Waals surface area contributed by atoms with Gasteiger partial charge in [-0.1, -0.05) is 12.1 Å². The molecule has 2 amide bonds. The van der Waals surface area contributed by atoms with Crippen molar-refractivity contribution in [2.75, 3.05) is 23.4 Å². The highest BCUT2D eigenvalue weighted by molar-refractivity contribution is 6.04. The summed E-state index contributed by atoms with van der Waals surface area (Å²) in [5.41, 5.74) is 1.57. The van der Waals surface area contributed by atoms with E-state index in [1.807, 2.05) is 13.0 Å². The van der Waals surface area contributed by atoms with E-state index in [0.717, 1.165) is 10.5 Å². The van der Waals surface area contributed by atoms with Crippen LogP contribution >= 0.6 is 0 Å². The molecule has 128 valence electrons. The molecule has 3 rings (SSSR count). The van der Waals surface area contributed by atoms with Gasteiger partial charge in [-0.25, -0.2) is 0 Å². The van der Waals surface area contributed by atoms with Gasteiger partial charge in [0.1, 0.15) is 6.54 Å². The fourth-order valence-electron chi connectivity index (χ4n) is 2.40. The summed E-state index contributed by atoms with van der Waals surface area (Å²) in [5.74, 6) is -1.19. The van der Waals surface area contributed by atoms with E-state index in [0.29, 0.717) is 5.69 Å². The van der Waals surface area contributed by atoms with Gasteiger partial charge in [0, 0.05) is 11.8 Å². The molecule has 25 heavy (non-hydrogen) atoms. The molecule has 0 radical (unpaired) electrons. The normalized spacial score (nSPS) is 13.0. The average molecular weight is 342 g/mol. The van der Waals surface area contributed by atoms with Crippen LogP contribution in [0.15, 0.2) is 36.4 Å². The van der Waals surface area contributed by atoms with Crippen LogP contribution in [0.1, 0.15) is 5.56 Å². The lowest BCUT2D eigenvalue weighted by Crippen LogP contribution is -2.44. The predicted molar refractivity (Wildman–Crippen MR) is 88.5 cm³/mol. The summed E-state index contributed by atoms with van der Waals surface area (Å²) >= 11 is 0. The molecule has 0 unspecified atom stereocenters. The fraction of sp³-hybridized carbons (Fsp3) is 0.188. The van der Waals surface area contributed by atoms with Crippen LogP contribution in [0.3, 0.4) is 0 Å². The topological polar surface area (TPSA) is 115 Å². The maximum absolute atomic E-state index is 12.3. The standard InChI is InChI=1S/C16H14N4O5/c1-10-3-2-4-11(7-10)17-14(21)8-19-15(22)9-25-12-5-6-13(20(23)24)18-16(12)19/h2-7H,8-9H2,1H3,(H,17,21). The Kier molecular flexibility index (Phi) is 4.29. The molecule has 1 aliphatic heterocycles. The Morgan fingerprint density at radius 1 is 1.40 bits per heavy atom. The number of rotatable bonds is 4. The second-order valence-electron chi connectivity index (χ2n) is 5.43. The molecule has 1 N–H and O–H groups in total. The molecule has 2 heterocycles. The number of carbonyl (C=O) groups is 2. The summed E-state index contributed by atoms with van der Waals surface area (Å²) in [6, 6.07) is 9.74. The Hall–Kier alpha value is -3.49. The van der Waals surface area contributed by atoms with E-state index in [9.17, 15) is 19.7 Å². The lowest BCUT2D eigenvalue weighted by Gasteiger charge is -2.24. The van der Waals surface area contributed by atoms with E-state index in [1.165, 1.54) is 12.1 Å². The summed E-state index contributed by atoms with van der Waals surface area (Å²) in [4.78, 5) is 39.5. The molecule has 9 heteroatoms. The minimum atomic E-state index is -0.676. The lowest BCUT2D eigenvalue weighted by molar-refractivity contribution is -0.389. The van der Waals surface area contributed by atoms with Crippen LogP contribution < -0.4 is 15.0 Å². The molecule has 1 aromatic carbocycles. The van der Waals surface area contributed by atoms with E-state index in [4.69, 9.17) is 4.74 Å². The third-order valence-corrected chi connectivity index (χ3v) is 3.52. The van der Waals surface area contributed by atoms with Gasteiger partial charge in [-0.2, -0.15) is 0 Å². The number of amides is 2. The number of aryl methyl sites for hydroxylation is 1. The summed E-state index contributed by atoms with van der Waals surface area (Å²) in [7, 11) is 0. The predicted octanol–water partition coefficient (Wildman–Crippen LogP) is 1.66. The number of benzene rings is 1. The van der Waals surface area contributed by atoms with Crippen LogP contribution in [0.25, 0.3) is 0 Å². The van der Waals surface area contributed by atoms with Gasteiger partial charge in [0.25, 0.3) is 11.7 Å². The molecule has 2 aromatic rings. The number of nitrogens with zero attached hydrogens (tertiary/aromatic N) is 3. The maximum atomic E-state index is 12.3. The Morgan fingerprint density at radius 3 is 2.92 bits per heavy atom. The molecular weight excluding hydrogens is 328 g/mol. The van der Waals surface area contributed by atoms with E-state index in [-0.39, 0.29) is 24.7 Å². The summed E-state index contributed by atoms with van der Waals surface area (Å²) < 4.78 is 5.21. The first-order valence-electron chi connectivity index (χ1n) is 7.39. The summed E-state index contributed by atoms with van der Waals surface area (Å²) in [6.07, 6.45) is 0. The Labute approximate surface area is 142 Å². The zero-order chi connectivity index (χ0) is 18.0. The number of nitro groups is 1. The monoisotopic (exact) mass is 342 g/mol. The molecule has 0 saturated heterocycles. The van der Waals surface area contributed by atoms with Crippen LogP contribution in [0.5, 0.6) is 5.75 Å². The number of hydrogen-bond donors (Lipinski definition) is 1. The van der Waals surface area contributed by atoms with Gasteiger partial charge in [0.15, 0.2) is 12.4 Å². The minimum Gasteiger partial charge on any atom is -0.477 e. The molecule has 0 fully saturated rings. The first-order chi connectivity index (χ1) is 11.9. The van der Waals surface area contributed by atoms with Crippen molar-refractivity contribution in [3.8, 4) is 5.75 Å². The fourth-order valence-corrected chi connectivity index (χ4v) is 2.40. The largest absolute Gasteiger partial charge is 0.477 e. The molecule has 0 saturated carbocycles. The summed E-state index contributed by atoms with van der Waals surface area (Å²) in [5, 5.41) is 13.6. The number of fused-ring (bicyclic) bond motifs is 1. The first kappa shape index (κ1) is 16.4. The van der Waals surface area contributed by atoms with Crippen molar-refractivity contribution in [2.45, 2.75) is 6.92 Å². The van der Waals surface area contributed by atoms with Gasteiger partial charge in [0.05, 0.1) is 0 Å². The van der Waals surface area contributed by atoms with Crippen LogP contribution in [0.2, 0.25) is 0 Å². The minimum absolute atomic E-state index is 0.0372. The SMILES string of the molecule is Cc1cccc(NC(=O)CN2C(=O)COc3ccc([N+](=O)[O-])nc32)c1. The van der Waals surface area contributed by atoms with Crippen molar-refractivity contribution in [1.82, 2.24) is 4.98 Å². The quantitative estimate of drug-likeness (QED) is 0.667.